The summed E-state index contributed by atoms with van der Waals surface area (Å²) in [6, 6.07) is 3.98. The second-order valence-corrected chi connectivity index (χ2v) is 8.33. The first-order valence-corrected chi connectivity index (χ1v) is 10.2. The maximum atomic E-state index is 12.9. The molecule has 0 radical (unpaired) electrons. The van der Waals surface area contributed by atoms with Gasteiger partial charge in [-0.25, -0.2) is 0 Å². The maximum absolute atomic E-state index is 12.9. The van der Waals surface area contributed by atoms with Gasteiger partial charge in [-0.3, -0.25) is 10.1 Å². The number of anilines is 1. The van der Waals surface area contributed by atoms with Gasteiger partial charge in [0.25, 0.3) is 11.9 Å². The van der Waals surface area contributed by atoms with Crippen LogP contribution in [0.25, 0.3) is 10.1 Å². The van der Waals surface area contributed by atoms with Gasteiger partial charge in [0.15, 0.2) is 5.75 Å². The highest BCUT2D eigenvalue weighted by atomic mass is 32.1. The molecular formula is C19H23N5O3S. The molecule has 2 aromatic heterocycles. The number of fused-ring (bicyclic) bond motifs is 1. The lowest BCUT2D eigenvalue weighted by molar-refractivity contribution is 0.101. The molecular weight excluding hydrogens is 378 g/mol. The number of thiophene rings is 1. The summed E-state index contributed by atoms with van der Waals surface area (Å²) in [5, 5.41) is 17.0. The first kappa shape index (κ1) is 18.7. The van der Waals surface area contributed by atoms with Gasteiger partial charge in [0.2, 0.25) is 0 Å². The van der Waals surface area contributed by atoms with Crippen LogP contribution in [-0.2, 0) is 0 Å². The van der Waals surface area contributed by atoms with E-state index in [1.807, 2.05) is 19.1 Å². The van der Waals surface area contributed by atoms with Gasteiger partial charge in [0, 0.05) is 10.1 Å². The van der Waals surface area contributed by atoms with Gasteiger partial charge in [0.1, 0.15) is 10.6 Å². The third-order valence-electron chi connectivity index (χ3n) is 5.11. The van der Waals surface area contributed by atoms with Gasteiger partial charge in [-0.2, -0.15) is 5.21 Å². The number of hydrogen-bond acceptors (Lipinski definition) is 7. The molecule has 148 valence electrons. The summed E-state index contributed by atoms with van der Waals surface area (Å²) in [5.41, 5.74) is 1.01. The number of amides is 1. The van der Waals surface area contributed by atoms with E-state index in [-0.39, 0.29) is 18.0 Å². The molecule has 9 heteroatoms. The number of hydrogen-bond donors (Lipinski definition) is 2. The second kappa shape index (κ2) is 7.75. The van der Waals surface area contributed by atoms with E-state index in [4.69, 9.17) is 9.47 Å². The van der Waals surface area contributed by atoms with Crippen molar-refractivity contribution in [1.29, 1.82) is 0 Å². The molecule has 0 aliphatic heterocycles. The molecule has 28 heavy (non-hydrogen) atoms. The topological polar surface area (TPSA) is 102 Å². The Morgan fingerprint density at radius 1 is 1.36 bits per heavy atom. The number of benzene rings is 1. The summed E-state index contributed by atoms with van der Waals surface area (Å²) in [6.45, 7) is 4.23. The van der Waals surface area contributed by atoms with Crippen LogP contribution in [-0.4, -0.2) is 39.7 Å². The summed E-state index contributed by atoms with van der Waals surface area (Å²) in [7, 11) is 1.65. The second-order valence-electron chi connectivity index (χ2n) is 7.28. The number of H-pyrrole nitrogens is 1. The highest BCUT2D eigenvalue weighted by Crippen LogP contribution is 2.43. The molecule has 4 rings (SSSR count). The van der Waals surface area contributed by atoms with Crippen molar-refractivity contribution < 1.29 is 14.3 Å². The van der Waals surface area contributed by atoms with Gasteiger partial charge >= 0.3 is 0 Å². The third kappa shape index (κ3) is 3.66. The third-order valence-corrected chi connectivity index (χ3v) is 6.24. The Balaban J connectivity index is 1.74. The predicted molar refractivity (Wildman–Crippen MR) is 107 cm³/mol. The first-order chi connectivity index (χ1) is 13.5. The van der Waals surface area contributed by atoms with E-state index >= 15 is 0 Å². The number of ether oxygens (including phenoxy) is 2. The number of methoxy groups -OCH3 is 1. The van der Waals surface area contributed by atoms with Gasteiger partial charge < -0.3 is 9.47 Å². The van der Waals surface area contributed by atoms with Crippen molar-refractivity contribution in [3.05, 3.63) is 22.6 Å². The highest BCUT2D eigenvalue weighted by molar-refractivity contribution is 7.21. The van der Waals surface area contributed by atoms with Gasteiger partial charge in [-0.15, -0.1) is 16.4 Å². The van der Waals surface area contributed by atoms with Crippen molar-refractivity contribution >= 4 is 33.3 Å². The molecule has 1 fully saturated rings. The molecule has 2 heterocycles. The zero-order valence-electron chi connectivity index (χ0n) is 16.1. The van der Waals surface area contributed by atoms with Crippen LogP contribution in [0.1, 0.15) is 47.8 Å². The lowest BCUT2D eigenvalue weighted by atomic mass is 9.88. The number of nitrogens with one attached hydrogen (secondary N) is 2. The minimum absolute atomic E-state index is 0.102. The Bertz CT molecular complexity index is 985. The number of carbonyl (C=O) groups excluding carboxylic acids is 1. The van der Waals surface area contributed by atoms with E-state index < -0.39 is 0 Å². The van der Waals surface area contributed by atoms with E-state index in [0.29, 0.717) is 16.5 Å². The van der Waals surface area contributed by atoms with Crippen LogP contribution in [0.15, 0.2) is 12.1 Å². The zero-order chi connectivity index (χ0) is 19.7. The zero-order valence-corrected chi connectivity index (χ0v) is 16.9. The number of aryl methyl sites for hydroxylation is 1. The lowest BCUT2D eigenvalue weighted by Gasteiger charge is -2.27. The maximum Gasteiger partial charge on any atom is 0.272 e. The number of tetrazole rings is 1. The Morgan fingerprint density at radius 2 is 2.21 bits per heavy atom. The first-order valence-electron chi connectivity index (χ1n) is 9.37. The Morgan fingerprint density at radius 3 is 2.93 bits per heavy atom. The van der Waals surface area contributed by atoms with Crippen molar-refractivity contribution in [1.82, 2.24) is 20.6 Å². The Kier molecular flexibility index (Phi) is 5.17. The van der Waals surface area contributed by atoms with Crippen LogP contribution < -0.4 is 14.8 Å². The highest BCUT2D eigenvalue weighted by Gasteiger charge is 2.27. The SMILES string of the molecule is COc1cc2c(O[C@H]3CCC[C@H](C)C3)c(C(=O)Nc3nn[nH]n3)sc2cc1C. The van der Waals surface area contributed by atoms with E-state index in [1.54, 1.807) is 7.11 Å². The molecule has 0 unspecified atom stereocenters. The Hall–Kier alpha value is -2.68. The van der Waals surface area contributed by atoms with Crippen LogP contribution >= 0.6 is 11.3 Å². The summed E-state index contributed by atoms with van der Waals surface area (Å²) in [6.07, 6.45) is 4.46. The average Bonchev–Trinajstić information content (AvgIpc) is 3.29. The van der Waals surface area contributed by atoms with E-state index in [9.17, 15) is 4.79 Å². The molecule has 0 bridgehead atoms. The largest absolute Gasteiger partial charge is 0.496 e. The Labute approximate surface area is 166 Å². The molecule has 8 nitrogen and oxygen atoms in total. The van der Waals surface area contributed by atoms with Crippen LogP contribution in [0.5, 0.6) is 11.5 Å². The fourth-order valence-electron chi connectivity index (χ4n) is 3.71. The van der Waals surface area contributed by atoms with Crippen molar-refractivity contribution in [3.8, 4) is 11.5 Å². The van der Waals surface area contributed by atoms with Crippen molar-refractivity contribution in [2.75, 3.05) is 12.4 Å². The monoisotopic (exact) mass is 401 g/mol. The number of aromatic amines is 1. The molecule has 2 N–H and O–H groups in total. The van der Waals surface area contributed by atoms with Crippen LogP contribution in [0.4, 0.5) is 5.95 Å². The lowest BCUT2D eigenvalue weighted by Crippen LogP contribution is -2.25. The summed E-state index contributed by atoms with van der Waals surface area (Å²) < 4.78 is 12.9. The number of rotatable bonds is 5. The molecule has 3 aromatic rings. The van der Waals surface area contributed by atoms with Gasteiger partial charge in [-0.05, 0) is 55.0 Å². The van der Waals surface area contributed by atoms with Crippen molar-refractivity contribution in [2.24, 2.45) is 5.92 Å². The van der Waals surface area contributed by atoms with E-state index in [2.05, 4.69) is 32.9 Å². The smallest absolute Gasteiger partial charge is 0.272 e. The molecule has 1 aliphatic carbocycles. The summed E-state index contributed by atoms with van der Waals surface area (Å²) in [5.74, 6) is 1.83. The predicted octanol–water partition coefficient (Wildman–Crippen LogP) is 3.94. The van der Waals surface area contributed by atoms with Gasteiger partial charge in [-0.1, -0.05) is 18.4 Å². The number of aromatic nitrogens is 4. The minimum atomic E-state index is -0.307. The molecule has 1 aliphatic rings. The molecule has 1 aromatic carbocycles. The van der Waals surface area contributed by atoms with Crippen LogP contribution in [0.3, 0.4) is 0 Å². The van der Waals surface area contributed by atoms with Crippen LogP contribution in [0, 0.1) is 12.8 Å². The van der Waals surface area contributed by atoms with Crippen molar-refractivity contribution in [2.45, 2.75) is 45.6 Å². The van der Waals surface area contributed by atoms with Gasteiger partial charge in [0.05, 0.1) is 13.2 Å². The minimum Gasteiger partial charge on any atom is -0.496 e. The molecule has 2 atom stereocenters. The number of nitrogens with zero attached hydrogens (tertiary/aromatic N) is 3. The molecule has 0 saturated heterocycles. The number of carbonyl (C=O) groups is 1. The van der Waals surface area contributed by atoms with E-state index in [0.717, 1.165) is 40.7 Å². The molecule has 1 amide bonds. The quantitative estimate of drug-likeness (QED) is 0.671. The molecule has 1 saturated carbocycles. The fraction of sp³-hybridized carbons (Fsp3) is 0.474. The summed E-state index contributed by atoms with van der Waals surface area (Å²) in [4.78, 5) is 13.4. The van der Waals surface area contributed by atoms with Crippen LogP contribution in [0.2, 0.25) is 0 Å². The van der Waals surface area contributed by atoms with Crippen molar-refractivity contribution in [3.63, 3.8) is 0 Å². The molecule has 0 spiro atoms. The fourth-order valence-corrected chi connectivity index (χ4v) is 4.83. The normalized spacial score (nSPS) is 19.5. The van der Waals surface area contributed by atoms with E-state index in [1.165, 1.54) is 17.8 Å². The average molecular weight is 401 g/mol. The standard InChI is InChI=1S/C19H23N5O3S/c1-10-5-4-6-12(7-10)27-16-13-9-14(26-3)11(2)8-15(13)28-17(16)18(25)20-19-21-23-24-22-19/h8-10,12H,4-7H2,1-3H3,(H2,20,21,22,23,24,25)/t10-,12-/m0/s1. The summed E-state index contributed by atoms with van der Waals surface area (Å²) >= 11 is 1.40.